The second-order valence-corrected chi connectivity index (χ2v) is 5.49. The second-order valence-electron chi connectivity index (χ2n) is 5.49. The fourth-order valence-corrected chi connectivity index (χ4v) is 2.22. The van der Waals surface area contributed by atoms with Crippen molar-refractivity contribution in [2.45, 2.75) is 26.8 Å². The van der Waals surface area contributed by atoms with E-state index in [0.717, 1.165) is 12.1 Å². The Bertz CT molecular complexity index is 775. The Morgan fingerprint density at radius 2 is 2.12 bits per heavy atom. The quantitative estimate of drug-likeness (QED) is 0.756. The third-order valence-electron chi connectivity index (χ3n) is 3.53. The molecule has 0 bridgehead atoms. The molecule has 1 heterocycles. The number of nitrogens with zero attached hydrogens (tertiary/aromatic N) is 1. The van der Waals surface area contributed by atoms with Crippen LogP contribution in [-0.2, 0) is 6.54 Å². The summed E-state index contributed by atoms with van der Waals surface area (Å²) >= 11 is 0. The van der Waals surface area contributed by atoms with Gasteiger partial charge in [-0.15, -0.1) is 0 Å². The zero-order chi connectivity index (χ0) is 18.2. The van der Waals surface area contributed by atoms with Gasteiger partial charge in [-0.1, -0.05) is 31.2 Å². The number of pyridine rings is 1. The summed E-state index contributed by atoms with van der Waals surface area (Å²) in [5, 5.41) is 2.65. The van der Waals surface area contributed by atoms with E-state index in [1.165, 1.54) is 0 Å². The molecule has 0 saturated carbocycles. The van der Waals surface area contributed by atoms with Crippen molar-refractivity contribution in [1.82, 2.24) is 10.3 Å². The van der Waals surface area contributed by atoms with Gasteiger partial charge in [-0.3, -0.25) is 4.79 Å². The summed E-state index contributed by atoms with van der Waals surface area (Å²) < 4.78 is 19.8. The van der Waals surface area contributed by atoms with E-state index < -0.39 is 11.7 Å². The molecule has 0 aliphatic heterocycles. The molecule has 0 aliphatic carbocycles. The molecule has 2 rings (SSSR count). The predicted molar refractivity (Wildman–Crippen MR) is 95.9 cm³/mol. The predicted octanol–water partition coefficient (Wildman–Crippen LogP) is 3.39. The van der Waals surface area contributed by atoms with Gasteiger partial charge in [0.15, 0.2) is 11.6 Å². The van der Waals surface area contributed by atoms with E-state index in [1.807, 2.05) is 19.1 Å². The van der Waals surface area contributed by atoms with Crippen LogP contribution in [0.2, 0.25) is 0 Å². The maximum atomic E-state index is 14.4. The lowest BCUT2D eigenvalue weighted by atomic mass is 10.1. The van der Waals surface area contributed by atoms with Crippen molar-refractivity contribution in [2.75, 3.05) is 12.3 Å². The van der Waals surface area contributed by atoms with E-state index in [9.17, 15) is 9.18 Å². The van der Waals surface area contributed by atoms with Crippen molar-refractivity contribution in [3.63, 3.8) is 0 Å². The number of hydrogen-bond donors (Lipinski definition) is 2. The van der Waals surface area contributed by atoms with Crippen molar-refractivity contribution in [2.24, 2.45) is 0 Å². The molecular formula is C19H22FN3O2. The smallest absolute Gasteiger partial charge is 0.255 e. The molecule has 1 aromatic heterocycles. The Morgan fingerprint density at radius 1 is 1.32 bits per heavy atom. The largest absolute Gasteiger partial charge is 0.486 e. The molecule has 6 heteroatoms. The van der Waals surface area contributed by atoms with Crippen LogP contribution in [0.1, 0.15) is 35.0 Å². The van der Waals surface area contributed by atoms with Crippen LogP contribution in [-0.4, -0.2) is 17.5 Å². The minimum absolute atomic E-state index is 0.0278. The fraction of sp³-hybridized carbons (Fsp3) is 0.263. The van der Waals surface area contributed by atoms with Crippen LogP contribution in [0.15, 0.2) is 42.5 Å². The van der Waals surface area contributed by atoms with Gasteiger partial charge in [-0.2, -0.15) is 0 Å². The van der Waals surface area contributed by atoms with Crippen molar-refractivity contribution in [3.8, 4) is 5.75 Å². The van der Waals surface area contributed by atoms with Crippen LogP contribution < -0.4 is 15.8 Å². The first kappa shape index (κ1) is 18.4. The molecule has 0 atom stereocenters. The van der Waals surface area contributed by atoms with E-state index in [-0.39, 0.29) is 23.7 Å². The average Bonchev–Trinajstić information content (AvgIpc) is 2.58. The highest BCUT2D eigenvalue weighted by Crippen LogP contribution is 2.20. The van der Waals surface area contributed by atoms with E-state index in [2.05, 4.69) is 10.3 Å². The van der Waals surface area contributed by atoms with E-state index in [4.69, 9.17) is 10.5 Å². The Kier molecular flexibility index (Phi) is 6.51. The Balaban J connectivity index is 2.02. The first-order valence-corrected chi connectivity index (χ1v) is 8.09. The summed E-state index contributed by atoms with van der Waals surface area (Å²) in [5.41, 5.74) is 7.08. The van der Waals surface area contributed by atoms with Crippen molar-refractivity contribution in [3.05, 3.63) is 65.1 Å². The van der Waals surface area contributed by atoms with Crippen molar-refractivity contribution < 1.29 is 13.9 Å². The SMILES string of the molecule is CCC=CCOc1cccc(CNC(=O)c2ccc(C)nc2N)c1F. The zero-order valence-electron chi connectivity index (χ0n) is 14.4. The number of nitrogens with one attached hydrogen (secondary N) is 1. The zero-order valence-corrected chi connectivity index (χ0v) is 14.4. The lowest BCUT2D eigenvalue weighted by Gasteiger charge is -2.11. The van der Waals surface area contributed by atoms with Gasteiger partial charge in [0.05, 0.1) is 5.56 Å². The number of nitrogen functional groups attached to an aromatic ring is 1. The topological polar surface area (TPSA) is 77.2 Å². The standard InChI is InChI=1S/C19H22FN3O2/c1-3-4-5-11-25-16-8-6-7-14(17(16)20)12-22-19(24)15-10-9-13(2)23-18(15)21/h4-10H,3,11-12H2,1-2H3,(H2,21,23)(H,22,24). The number of carbonyl (C=O) groups is 1. The molecule has 0 spiro atoms. The highest BCUT2D eigenvalue weighted by molar-refractivity contribution is 5.98. The molecule has 3 N–H and O–H groups in total. The fourth-order valence-electron chi connectivity index (χ4n) is 2.22. The van der Waals surface area contributed by atoms with Crippen LogP contribution >= 0.6 is 0 Å². The maximum absolute atomic E-state index is 14.4. The number of halogens is 1. The van der Waals surface area contributed by atoms with Crippen molar-refractivity contribution in [1.29, 1.82) is 0 Å². The molecule has 25 heavy (non-hydrogen) atoms. The van der Waals surface area contributed by atoms with Gasteiger partial charge in [-0.25, -0.2) is 9.37 Å². The minimum Gasteiger partial charge on any atom is -0.486 e. The number of hydrogen-bond acceptors (Lipinski definition) is 4. The lowest BCUT2D eigenvalue weighted by Crippen LogP contribution is -2.24. The van der Waals surface area contributed by atoms with Gasteiger partial charge in [0.2, 0.25) is 0 Å². The van der Waals surface area contributed by atoms with Gasteiger partial charge < -0.3 is 15.8 Å². The molecule has 5 nitrogen and oxygen atoms in total. The molecule has 0 saturated heterocycles. The van der Waals surface area contributed by atoms with E-state index in [1.54, 1.807) is 37.3 Å². The van der Waals surface area contributed by atoms with E-state index in [0.29, 0.717) is 12.2 Å². The lowest BCUT2D eigenvalue weighted by molar-refractivity contribution is 0.0951. The highest BCUT2D eigenvalue weighted by Gasteiger charge is 2.13. The summed E-state index contributed by atoms with van der Waals surface area (Å²) in [6, 6.07) is 8.14. The molecule has 0 fully saturated rings. The number of aromatic nitrogens is 1. The van der Waals surface area contributed by atoms with Crippen molar-refractivity contribution >= 4 is 11.7 Å². The molecule has 132 valence electrons. The third kappa shape index (κ3) is 5.04. The number of amides is 1. The number of rotatable bonds is 7. The summed E-state index contributed by atoms with van der Waals surface area (Å²) in [6.45, 7) is 4.12. The summed E-state index contributed by atoms with van der Waals surface area (Å²) in [4.78, 5) is 16.2. The number of anilines is 1. The normalized spacial score (nSPS) is 10.8. The number of nitrogens with two attached hydrogens (primary N) is 1. The monoisotopic (exact) mass is 343 g/mol. The molecule has 0 radical (unpaired) electrons. The molecule has 2 aromatic rings. The van der Waals surface area contributed by atoms with Gasteiger partial charge >= 0.3 is 0 Å². The number of benzene rings is 1. The number of ether oxygens (including phenoxy) is 1. The number of allylic oxidation sites excluding steroid dienone is 1. The van der Waals surface area contributed by atoms with Crippen LogP contribution in [0.5, 0.6) is 5.75 Å². The Hall–Kier alpha value is -2.89. The summed E-state index contributed by atoms with van der Waals surface area (Å²) in [7, 11) is 0. The first-order valence-electron chi connectivity index (χ1n) is 8.09. The van der Waals surface area contributed by atoms with Gasteiger partial charge in [0.1, 0.15) is 12.4 Å². The van der Waals surface area contributed by atoms with Crippen LogP contribution in [0, 0.1) is 12.7 Å². The third-order valence-corrected chi connectivity index (χ3v) is 3.53. The molecule has 1 amide bonds. The minimum atomic E-state index is -0.484. The molecular weight excluding hydrogens is 321 g/mol. The van der Waals surface area contributed by atoms with Gasteiger partial charge in [0, 0.05) is 17.8 Å². The second kappa shape index (κ2) is 8.82. The number of aryl methyl sites for hydroxylation is 1. The number of carbonyl (C=O) groups excluding carboxylic acids is 1. The van der Waals surface area contributed by atoms with Crippen LogP contribution in [0.25, 0.3) is 0 Å². The summed E-state index contributed by atoms with van der Waals surface area (Å²) in [5.74, 6) is -0.578. The van der Waals surface area contributed by atoms with Gasteiger partial charge in [0.25, 0.3) is 5.91 Å². The average molecular weight is 343 g/mol. The molecule has 0 unspecified atom stereocenters. The first-order chi connectivity index (χ1) is 12.0. The maximum Gasteiger partial charge on any atom is 0.255 e. The molecule has 1 aromatic carbocycles. The molecule has 0 aliphatic rings. The summed E-state index contributed by atoms with van der Waals surface area (Å²) in [6.07, 6.45) is 4.68. The van der Waals surface area contributed by atoms with E-state index >= 15 is 0 Å². The van der Waals surface area contributed by atoms with Crippen LogP contribution in [0.4, 0.5) is 10.2 Å². The Morgan fingerprint density at radius 3 is 2.84 bits per heavy atom. The highest BCUT2D eigenvalue weighted by atomic mass is 19.1. The Labute approximate surface area is 146 Å². The van der Waals surface area contributed by atoms with Crippen LogP contribution in [0.3, 0.4) is 0 Å². The van der Waals surface area contributed by atoms with Gasteiger partial charge in [-0.05, 0) is 31.5 Å².